The number of imidazole rings is 1. The third-order valence-electron chi connectivity index (χ3n) is 3.63. The molecule has 0 saturated heterocycles. The molecule has 106 valence electrons. The maximum atomic E-state index is 8.91. The average molecular weight is 270 g/mol. The van der Waals surface area contributed by atoms with Gasteiger partial charge < -0.3 is 10.3 Å². The van der Waals surface area contributed by atoms with E-state index in [-0.39, 0.29) is 0 Å². The molecule has 0 aliphatic carbocycles. The van der Waals surface area contributed by atoms with Gasteiger partial charge in [0.1, 0.15) is 11.4 Å². The largest absolute Gasteiger partial charge is 0.328 e. The number of unbranched alkanes of at least 4 members (excludes halogenated alkanes) is 1. The van der Waals surface area contributed by atoms with Crippen LogP contribution in [0.25, 0.3) is 11.0 Å². The van der Waals surface area contributed by atoms with E-state index in [1.165, 1.54) is 5.52 Å². The number of nitriles is 1. The van der Waals surface area contributed by atoms with Crippen LogP contribution in [0.5, 0.6) is 0 Å². The van der Waals surface area contributed by atoms with Crippen molar-refractivity contribution in [3.8, 4) is 6.07 Å². The summed E-state index contributed by atoms with van der Waals surface area (Å²) in [6.07, 6.45) is 3.64. The second kappa shape index (κ2) is 6.06. The number of hydrogen-bond acceptors (Lipinski definition) is 3. The Hall–Kier alpha value is -1.86. The number of aryl methyl sites for hydroxylation is 2. The Balaban J connectivity index is 2.04. The van der Waals surface area contributed by atoms with Gasteiger partial charge >= 0.3 is 0 Å². The standard InChI is InChI=1S/C16H22N4/c1-3-15-19-13-8-4-5-9-14(13)20(15)11-7-6-10-16(2,18)12-17/h4-5,8-9H,3,6-7,10-11,18H2,1-2H3. The highest BCUT2D eigenvalue weighted by Crippen LogP contribution is 2.18. The van der Waals surface area contributed by atoms with Crippen LogP contribution in [-0.4, -0.2) is 15.1 Å². The van der Waals surface area contributed by atoms with Crippen LogP contribution in [0.15, 0.2) is 24.3 Å². The van der Waals surface area contributed by atoms with Crippen molar-refractivity contribution >= 4 is 11.0 Å². The molecule has 2 rings (SSSR count). The van der Waals surface area contributed by atoms with Gasteiger partial charge in [-0.3, -0.25) is 0 Å². The summed E-state index contributed by atoms with van der Waals surface area (Å²) in [6.45, 7) is 4.85. The van der Waals surface area contributed by atoms with Gasteiger partial charge in [0.15, 0.2) is 0 Å². The molecule has 1 unspecified atom stereocenters. The van der Waals surface area contributed by atoms with E-state index in [0.717, 1.165) is 43.6 Å². The molecule has 1 aromatic carbocycles. The van der Waals surface area contributed by atoms with Gasteiger partial charge in [0.25, 0.3) is 0 Å². The normalized spacial score (nSPS) is 14.1. The minimum atomic E-state index is -0.704. The Kier molecular flexibility index (Phi) is 4.41. The Morgan fingerprint density at radius 2 is 2.10 bits per heavy atom. The zero-order valence-corrected chi connectivity index (χ0v) is 12.3. The first-order valence-electron chi connectivity index (χ1n) is 7.21. The van der Waals surface area contributed by atoms with Crippen molar-refractivity contribution in [1.82, 2.24) is 9.55 Å². The highest BCUT2D eigenvalue weighted by molar-refractivity contribution is 5.75. The Labute approximate surface area is 120 Å². The predicted molar refractivity (Wildman–Crippen MR) is 81.2 cm³/mol. The summed E-state index contributed by atoms with van der Waals surface area (Å²) in [5.74, 6) is 1.13. The molecule has 0 amide bonds. The van der Waals surface area contributed by atoms with Crippen LogP contribution in [0.3, 0.4) is 0 Å². The Morgan fingerprint density at radius 1 is 1.35 bits per heavy atom. The molecule has 1 atom stereocenters. The van der Waals surface area contributed by atoms with E-state index < -0.39 is 5.54 Å². The Bertz CT molecular complexity index is 619. The van der Waals surface area contributed by atoms with Crippen molar-refractivity contribution in [2.24, 2.45) is 5.73 Å². The lowest BCUT2D eigenvalue weighted by Crippen LogP contribution is -2.33. The van der Waals surface area contributed by atoms with E-state index in [2.05, 4.69) is 34.7 Å². The van der Waals surface area contributed by atoms with Crippen LogP contribution in [-0.2, 0) is 13.0 Å². The lowest BCUT2D eigenvalue weighted by molar-refractivity contribution is 0.487. The van der Waals surface area contributed by atoms with Crippen LogP contribution in [0.2, 0.25) is 0 Å². The summed E-state index contributed by atoms with van der Waals surface area (Å²) in [5.41, 5.74) is 7.39. The fraction of sp³-hybridized carbons (Fsp3) is 0.500. The summed E-state index contributed by atoms with van der Waals surface area (Å²) < 4.78 is 2.29. The van der Waals surface area contributed by atoms with Gasteiger partial charge in [0, 0.05) is 13.0 Å². The average Bonchev–Trinajstić information content (AvgIpc) is 2.81. The summed E-state index contributed by atoms with van der Waals surface area (Å²) in [4.78, 5) is 4.66. The van der Waals surface area contributed by atoms with Crippen molar-refractivity contribution in [3.05, 3.63) is 30.1 Å². The molecule has 1 heterocycles. The molecule has 1 aromatic heterocycles. The maximum Gasteiger partial charge on any atom is 0.109 e. The van der Waals surface area contributed by atoms with Crippen molar-refractivity contribution in [1.29, 1.82) is 5.26 Å². The number of nitrogens with zero attached hydrogens (tertiary/aromatic N) is 3. The number of aromatic nitrogens is 2. The van der Waals surface area contributed by atoms with Gasteiger partial charge in [0.2, 0.25) is 0 Å². The monoisotopic (exact) mass is 270 g/mol. The molecule has 0 saturated carbocycles. The lowest BCUT2D eigenvalue weighted by atomic mass is 9.98. The van der Waals surface area contributed by atoms with Crippen molar-refractivity contribution in [3.63, 3.8) is 0 Å². The maximum absolute atomic E-state index is 8.91. The quantitative estimate of drug-likeness (QED) is 0.820. The molecule has 20 heavy (non-hydrogen) atoms. The molecule has 0 bridgehead atoms. The number of rotatable bonds is 6. The third-order valence-corrected chi connectivity index (χ3v) is 3.63. The van der Waals surface area contributed by atoms with Gasteiger partial charge in [-0.05, 0) is 38.3 Å². The number of hydrogen-bond donors (Lipinski definition) is 1. The second-order valence-electron chi connectivity index (χ2n) is 5.51. The van der Waals surface area contributed by atoms with E-state index in [1.54, 1.807) is 6.92 Å². The number of para-hydroxylation sites is 2. The topological polar surface area (TPSA) is 67.6 Å². The molecule has 0 spiro atoms. The van der Waals surface area contributed by atoms with E-state index in [1.807, 2.05) is 12.1 Å². The summed E-state index contributed by atoms with van der Waals surface area (Å²) in [7, 11) is 0. The van der Waals surface area contributed by atoms with E-state index in [9.17, 15) is 0 Å². The van der Waals surface area contributed by atoms with Crippen LogP contribution in [0, 0.1) is 11.3 Å². The van der Waals surface area contributed by atoms with Gasteiger partial charge in [-0.25, -0.2) is 4.98 Å². The Morgan fingerprint density at radius 3 is 2.80 bits per heavy atom. The first-order chi connectivity index (χ1) is 9.57. The molecule has 0 radical (unpaired) electrons. The number of nitrogens with two attached hydrogens (primary N) is 1. The van der Waals surface area contributed by atoms with Crippen molar-refractivity contribution < 1.29 is 0 Å². The third kappa shape index (κ3) is 3.17. The SMILES string of the molecule is CCc1nc2ccccc2n1CCCCC(C)(N)C#N. The minimum absolute atomic E-state index is 0.704. The molecule has 2 aromatic rings. The highest BCUT2D eigenvalue weighted by atomic mass is 15.1. The van der Waals surface area contributed by atoms with Crippen molar-refractivity contribution in [2.75, 3.05) is 0 Å². The van der Waals surface area contributed by atoms with Gasteiger partial charge in [-0.1, -0.05) is 19.1 Å². The van der Waals surface area contributed by atoms with E-state index in [0.29, 0.717) is 0 Å². The zero-order chi connectivity index (χ0) is 14.6. The first kappa shape index (κ1) is 14.5. The summed E-state index contributed by atoms with van der Waals surface area (Å²) in [5, 5.41) is 8.91. The van der Waals surface area contributed by atoms with Crippen molar-refractivity contribution in [2.45, 2.75) is 51.6 Å². The van der Waals surface area contributed by atoms with Gasteiger partial charge in [0.05, 0.1) is 17.1 Å². The lowest BCUT2D eigenvalue weighted by Gasteiger charge is -2.15. The van der Waals surface area contributed by atoms with Crippen LogP contribution >= 0.6 is 0 Å². The van der Waals surface area contributed by atoms with Crippen LogP contribution in [0.4, 0.5) is 0 Å². The van der Waals surface area contributed by atoms with Gasteiger partial charge in [-0.2, -0.15) is 5.26 Å². The fourth-order valence-corrected chi connectivity index (χ4v) is 2.46. The molecule has 0 aliphatic rings. The molecule has 0 fully saturated rings. The number of benzene rings is 1. The predicted octanol–water partition coefficient (Wildman–Crippen LogP) is 3.01. The van der Waals surface area contributed by atoms with Crippen LogP contribution < -0.4 is 5.73 Å². The minimum Gasteiger partial charge on any atom is -0.328 e. The molecule has 4 heteroatoms. The highest BCUT2D eigenvalue weighted by Gasteiger charge is 2.16. The summed E-state index contributed by atoms with van der Waals surface area (Å²) >= 11 is 0. The molecule has 2 N–H and O–H groups in total. The number of fused-ring (bicyclic) bond motifs is 1. The molecule has 4 nitrogen and oxygen atoms in total. The molecule has 0 aliphatic heterocycles. The zero-order valence-electron chi connectivity index (χ0n) is 12.3. The molecular formula is C16H22N4. The van der Waals surface area contributed by atoms with Gasteiger partial charge in [-0.15, -0.1) is 0 Å². The fourth-order valence-electron chi connectivity index (χ4n) is 2.46. The van der Waals surface area contributed by atoms with E-state index >= 15 is 0 Å². The van der Waals surface area contributed by atoms with E-state index in [4.69, 9.17) is 11.0 Å². The smallest absolute Gasteiger partial charge is 0.109 e. The second-order valence-corrected chi connectivity index (χ2v) is 5.51. The first-order valence-corrected chi connectivity index (χ1v) is 7.21. The van der Waals surface area contributed by atoms with Crippen LogP contribution in [0.1, 0.15) is 38.9 Å². The summed E-state index contributed by atoms with van der Waals surface area (Å²) in [6, 6.07) is 10.4. The molecular weight excluding hydrogens is 248 g/mol.